The molecular formula is C14H24N2O2S. The van der Waals surface area contributed by atoms with Gasteiger partial charge in [0.2, 0.25) is 0 Å². The monoisotopic (exact) mass is 284 g/mol. The summed E-state index contributed by atoms with van der Waals surface area (Å²) in [5, 5.41) is 0. The lowest BCUT2D eigenvalue weighted by Gasteiger charge is -2.42. The van der Waals surface area contributed by atoms with Crippen LogP contribution in [0.15, 0.2) is 0 Å². The molecule has 1 aliphatic carbocycles. The molecule has 0 radical (unpaired) electrons. The largest absolute Gasteiger partial charge is 0.333 e. The third kappa shape index (κ3) is 3.07. The van der Waals surface area contributed by atoms with Crippen molar-refractivity contribution in [2.75, 3.05) is 31.9 Å². The van der Waals surface area contributed by atoms with Gasteiger partial charge in [0.1, 0.15) is 0 Å². The van der Waals surface area contributed by atoms with Crippen LogP contribution < -0.4 is 0 Å². The van der Waals surface area contributed by atoms with Crippen molar-refractivity contribution in [3.05, 3.63) is 0 Å². The Morgan fingerprint density at radius 2 is 1.63 bits per heavy atom. The molecule has 1 saturated heterocycles. The number of piperazine rings is 1. The first-order valence-electron chi connectivity index (χ1n) is 7.31. The Kier molecular flexibility index (Phi) is 4.76. The Hall–Kier alpha value is -0.710. The van der Waals surface area contributed by atoms with Gasteiger partial charge in [-0.05, 0) is 30.9 Å². The molecule has 4 nitrogen and oxygen atoms in total. The lowest BCUT2D eigenvalue weighted by molar-refractivity contribution is -0.157. The third-order valence-corrected chi connectivity index (χ3v) is 5.23. The van der Waals surface area contributed by atoms with Crippen LogP contribution in [-0.2, 0) is 9.59 Å². The molecule has 1 heterocycles. The molecule has 2 fully saturated rings. The van der Waals surface area contributed by atoms with Crippen molar-refractivity contribution in [2.45, 2.75) is 39.0 Å². The number of carbonyl (C=O) groups excluding carboxylic acids is 2. The normalized spacial score (nSPS) is 23.9. The fourth-order valence-electron chi connectivity index (χ4n) is 3.24. The van der Waals surface area contributed by atoms with Crippen molar-refractivity contribution in [3.8, 4) is 0 Å². The minimum atomic E-state index is -0.334. The molecule has 2 amide bonds. The topological polar surface area (TPSA) is 40.6 Å². The summed E-state index contributed by atoms with van der Waals surface area (Å²) >= 11 is 4.50. The molecule has 2 rings (SSSR count). The van der Waals surface area contributed by atoms with Crippen LogP contribution in [0.2, 0.25) is 0 Å². The standard InChI is InChI=1S/C14H24N2O2S/c1-2-15-8-9-16(13(18)12(15)17)10-14(11-19)6-4-3-5-7-14/h19H,2-11H2,1H3. The molecule has 0 aromatic heterocycles. The fourth-order valence-corrected chi connectivity index (χ4v) is 3.66. The molecule has 0 N–H and O–H groups in total. The summed E-state index contributed by atoms with van der Waals surface area (Å²) in [4.78, 5) is 27.4. The average molecular weight is 284 g/mol. The van der Waals surface area contributed by atoms with E-state index in [1.165, 1.54) is 19.3 Å². The number of likely N-dealkylation sites (N-methyl/N-ethyl adjacent to an activating group) is 1. The quantitative estimate of drug-likeness (QED) is 0.629. The molecule has 0 unspecified atom stereocenters. The van der Waals surface area contributed by atoms with Gasteiger partial charge in [-0.25, -0.2) is 0 Å². The molecule has 1 saturated carbocycles. The van der Waals surface area contributed by atoms with Crippen LogP contribution in [0.4, 0.5) is 0 Å². The molecule has 0 spiro atoms. The molecule has 0 aromatic carbocycles. The van der Waals surface area contributed by atoms with Gasteiger partial charge in [0, 0.05) is 26.2 Å². The number of carbonyl (C=O) groups is 2. The molecule has 0 bridgehead atoms. The van der Waals surface area contributed by atoms with Crippen molar-refractivity contribution >= 4 is 24.4 Å². The van der Waals surface area contributed by atoms with E-state index in [0.717, 1.165) is 18.6 Å². The molecule has 0 aromatic rings. The van der Waals surface area contributed by atoms with Crippen LogP contribution in [0.1, 0.15) is 39.0 Å². The van der Waals surface area contributed by atoms with Crippen LogP contribution in [0.25, 0.3) is 0 Å². The maximum absolute atomic E-state index is 12.1. The zero-order chi connectivity index (χ0) is 13.9. The van der Waals surface area contributed by atoms with Gasteiger partial charge in [0.05, 0.1) is 0 Å². The van der Waals surface area contributed by atoms with Crippen molar-refractivity contribution in [1.29, 1.82) is 0 Å². The first-order valence-corrected chi connectivity index (χ1v) is 7.94. The second-order valence-corrected chi connectivity index (χ2v) is 6.15. The molecule has 19 heavy (non-hydrogen) atoms. The highest BCUT2D eigenvalue weighted by atomic mass is 32.1. The van der Waals surface area contributed by atoms with Gasteiger partial charge < -0.3 is 9.80 Å². The summed E-state index contributed by atoms with van der Waals surface area (Å²) in [5.74, 6) is 0.154. The van der Waals surface area contributed by atoms with E-state index in [0.29, 0.717) is 26.2 Å². The second kappa shape index (κ2) is 6.16. The number of rotatable bonds is 4. The smallest absolute Gasteiger partial charge is 0.312 e. The summed E-state index contributed by atoms with van der Waals surface area (Å²) in [5.41, 5.74) is 0.131. The Bertz CT molecular complexity index is 353. The molecule has 5 heteroatoms. The SMILES string of the molecule is CCN1CCN(CC2(CS)CCCCC2)C(=O)C1=O. The minimum Gasteiger partial charge on any atom is -0.333 e. The Morgan fingerprint density at radius 1 is 1.05 bits per heavy atom. The van der Waals surface area contributed by atoms with Gasteiger partial charge in [-0.1, -0.05) is 19.3 Å². The van der Waals surface area contributed by atoms with E-state index in [-0.39, 0.29) is 17.2 Å². The number of hydrogen-bond acceptors (Lipinski definition) is 3. The predicted molar refractivity (Wildman–Crippen MR) is 78.2 cm³/mol. The highest BCUT2D eigenvalue weighted by molar-refractivity contribution is 7.80. The van der Waals surface area contributed by atoms with E-state index < -0.39 is 0 Å². The molecule has 1 aliphatic heterocycles. The number of amides is 2. The lowest BCUT2D eigenvalue weighted by Crippen LogP contribution is -2.56. The van der Waals surface area contributed by atoms with Crippen molar-refractivity contribution in [3.63, 3.8) is 0 Å². The zero-order valence-corrected chi connectivity index (χ0v) is 12.6. The summed E-state index contributed by atoms with van der Waals surface area (Å²) in [7, 11) is 0. The van der Waals surface area contributed by atoms with Crippen LogP contribution in [0.5, 0.6) is 0 Å². The summed E-state index contributed by atoms with van der Waals surface area (Å²) in [6.45, 7) is 4.59. The van der Waals surface area contributed by atoms with Crippen molar-refractivity contribution in [2.24, 2.45) is 5.41 Å². The first kappa shape index (κ1) is 14.7. The van der Waals surface area contributed by atoms with Gasteiger partial charge in [-0.2, -0.15) is 12.6 Å². The van der Waals surface area contributed by atoms with Gasteiger partial charge in [0.15, 0.2) is 0 Å². The van der Waals surface area contributed by atoms with Gasteiger partial charge in [-0.15, -0.1) is 0 Å². The Labute approximate surface area is 120 Å². The maximum Gasteiger partial charge on any atom is 0.312 e. The van der Waals surface area contributed by atoms with Crippen LogP contribution >= 0.6 is 12.6 Å². The first-order chi connectivity index (χ1) is 9.12. The fraction of sp³-hybridized carbons (Fsp3) is 0.857. The highest BCUT2D eigenvalue weighted by Crippen LogP contribution is 2.38. The van der Waals surface area contributed by atoms with E-state index in [4.69, 9.17) is 0 Å². The van der Waals surface area contributed by atoms with E-state index in [1.807, 2.05) is 6.92 Å². The zero-order valence-electron chi connectivity index (χ0n) is 11.7. The van der Waals surface area contributed by atoms with E-state index in [1.54, 1.807) is 9.80 Å². The van der Waals surface area contributed by atoms with E-state index in [9.17, 15) is 9.59 Å². The number of hydrogen-bond donors (Lipinski definition) is 1. The van der Waals surface area contributed by atoms with Gasteiger partial charge >= 0.3 is 11.8 Å². The third-order valence-electron chi connectivity index (χ3n) is 4.55. The van der Waals surface area contributed by atoms with Crippen molar-refractivity contribution < 1.29 is 9.59 Å². The maximum atomic E-state index is 12.1. The number of nitrogens with zero attached hydrogens (tertiary/aromatic N) is 2. The molecule has 108 valence electrons. The Morgan fingerprint density at radius 3 is 2.21 bits per heavy atom. The molecular weight excluding hydrogens is 260 g/mol. The van der Waals surface area contributed by atoms with E-state index >= 15 is 0 Å². The average Bonchev–Trinajstić information content (AvgIpc) is 2.45. The highest BCUT2D eigenvalue weighted by Gasteiger charge is 2.38. The van der Waals surface area contributed by atoms with Crippen molar-refractivity contribution in [1.82, 2.24) is 9.80 Å². The summed E-state index contributed by atoms with van der Waals surface area (Å²) in [6.07, 6.45) is 5.99. The number of thiol groups is 1. The van der Waals surface area contributed by atoms with E-state index in [2.05, 4.69) is 12.6 Å². The van der Waals surface area contributed by atoms with Crippen LogP contribution in [-0.4, -0.2) is 53.5 Å². The van der Waals surface area contributed by atoms with Gasteiger partial charge in [0.25, 0.3) is 0 Å². The Balaban J connectivity index is 2.02. The van der Waals surface area contributed by atoms with Crippen LogP contribution in [0.3, 0.4) is 0 Å². The lowest BCUT2D eigenvalue weighted by atomic mass is 9.75. The molecule has 0 atom stereocenters. The molecule has 2 aliphatic rings. The summed E-state index contributed by atoms with van der Waals surface area (Å²) in [6, 6.07) is 0. The summed E-state index contributed by atoms with van der Waals surface area (Å²) < 4.78 is 0. The minimum absolute atomic E-state index is 0.131. The van der Waals surface area contributed by atoms with Crippen LogP contribution in [0, 0.1) is 5.41 Å². The van der Waals surface area contributed by atoms with Gasteiger partial charge in [-0.3, -0.25) is 9.59 Å². The second-order valence-electron chi connectivity index (χ2n) is 5.83. The predicted octanol–water partition coefficient (Wildman–Crippen LogP) is 1.56.